The minimum Gasteiger partial charge on any atom is -0.493 e. The van der Waals surface area contributed by atoms with E-state index in [1.807, 2.05) is 22.9 Å². The molecule has 172 valence electrons. The fourth-order valence-corrected chi connectivity index (χ4v) is 4.52. The smallest absolute Gasteiger partial charge is 0.164 e. The number of nitrogen functional groups attached to an aromatic ring is 1. The topological polar surface area (TPSA) is 94.6 Å². The summed E-state index contributed by atoms with van der Waals surface area (Å²) in [7, 11) is 7.55. The van der Waals surface area contributed by atoms with E-state index in [0.717, 1.165) is 54.4 Å². The van der Waals surface area contributed by atoms with Crippen LogP contribution in [0.2, 0.25) is 0 Å². The lowest BCUT2D eigenvalue weighted by atomic mass is 9.96. The highest BCUT2D eigenvalue weighted by atomic mass is 16.5. The first-order valence-electron chi connectivity index (χ1n) is 11.1. The Labute approximate surface area is 189 Å². The molecule has 0 radical (unpaired) electrons. The van der Waals surface area contributed by atoms with E-state index in [2.05, 4.69) is 33.9 Å². The molecule has 2 N–H and O–H groups in total. The molecule has 1 aromatic carbocycles. The van der Waals surface area contributed by atoms with Gasteiger partial charge >= 0.3 is 0 Å². The summed E-state index contributed by atoms with van der Waals surface area (Å²) in [5.41, 5.74) is 8.65. The fraction of sp³-hybridized carbons (Fsp3) is 0.522. The molecule has 0 bridgehead atoms. The third-order valence-corrected chi connectivity index (χ3v) is 6.17. The van der Waals surface area contributed by atoms with Crippen LogP contribution in [-0.4, -0.2) is 84.0 Å². The number of nitrogens with zero attached hydrogens (tertiary/aromatic N) is 6. The summed E-state index contributed by atoms with van der Waals surface area (Å²) in [6, 6.07) is 5.74. The van der Waals surface area contributed by atoms with Crippen molar-refractivity contribution in [2.24, 2.45) is 5.92 Å². The van der Waals surface area contributed by atoms with Gasteiger partial charge in [-0.2, -0.15) is 5.10 Å². The Kier molecular flexibility index (Phi) is 6.76. The zero-order valence-electron chi connectivity index (χ0n) is 19.4. The molecule has 0 atom stereocenters. The number of piperidine rings is 1. The molecule has 9 heteroatoms. The van der Waals surface area contributed by atoms with Crippen LogP contribution < -0.4 is 15.2 Å². The van der Waals surface area contributed by atoms with E-state index in [0.29, 0.717) is 17.3 Å². The van der Waals surface area contributed by atoms with Gasteiger partial charge < -0.3 is 25.0 Å². The largest absolute Gasteiger partial charge is 0.493 e. The van der Waals surface area contributed by atoms with E-state index in [4.69, 9.17) is 20.3 Å². The van der Waals surface area contributed by atoms with Gasteiger partial charge in [0, 0.05) is 18.7 Å². The number of methoxy groups -OCH3 is 2. The molecule has 0 saturated carbocycles. The van der Waals surface area contributed by atoms with Crippen LogP contribution in [-0.2, 0) is 6.54 Å². The van der Waals surface area contributed by atoms with Crippen LogP contribution in [0, 0.1) is 5.92 Å². The first kappa shape index (κ1) is 22.3. The number of fused-ring (bicyclic) bond motifs is 1. The maximum atomic E-state index is 6.25. The van der Waals surface area contributed by atoms with Crippen LogP contribution in [0.3, 0.4) is 0 Å². The quantitative estimate of drug-likeness (QED) is 0.572. The fourth-order valence-electron chi connectivity index (χ4n) is 4.52. The van der Waals surface area contributed by atoms with Crippen molar-refractivity contribution in [1.82, 2.24) is 29.5 Å². The molecule has 32 heavy (non-hydrogen) atoms. The number of rotatable bonds is 8. The van der Waals surface area contributed by atoms with Gasteiger partial charge in [0.15, 0.2) is 17.1 Å². The molecule has 1 fully saturated rings. The molecule has 9 nitrogen and oxygen atoms in total. The molecule has 1 aliphatic rings. The van der Waals surface area contributed by atoms with Gasteiger partial charge in [-0.25, -0.2) is 14.6 Å². The second kappa shape index (κ2) is 9.70. The van der Waals surface area contributed by atoms with Crippen LogP contribution in [0.4, 0.5) is 5.82 Å². The van der Waals surface area contributed by atoms with Crippen LogP contribution in [0.25, 0.3) is 22.3 Å². The van der Waals surface area contributed by atoms with Crippen molar-refractivity contribution in [3.8, 4) is 22.8 Å². The number of anilines is 1. The second-order valence-electron chi connectivity index (χ2n) is 8.65. The van der Waals surface area contributed by atoms with E-state index >= 15 is 0 Å². The minimum atomic E-state index is 0.426. The lowest BCUT2D eigenvalue weighted by Crippen LogP contribution is -2.38. The normalized spacial score (nSPS) is 15.5. The highest BCUT2D eigenvalue weighted by Crippen LogP contribution is 2.35. The monoisotopic (exact) mass is 439 g/mol. The van der Waals surface area contributed by atoms with Crippen LogP contribution in [0.5, 0.6) is 11.5 Å². The van der Waals surface area contributed by atoms with Crippen molar-refractivity contribution in [1.29, 1.82) is 0 Å². The Bertz CT molecular complexity index is 1060. The zero-order valence-corrected chi connectivity index (χ0v) is 19.4. The van der Waals surface area contributed by atoms with E-state index in [9.17, 15) is 0 Å². The van der Waals surface area contributed by atoms with E-state index in [-0.39, 0.29) is 0 Å². The summed E-state index contributed by atoms with van der Waals surface area (Å²) in [5.74, 6) is 2.53. The van der Waals surface area contributed by atoms with Crippen molar-refractivity contribution in [2.45, 2.75) is 19.4 Å². The highest BCUT2D eigenvalue weighted by molar-refractivity contribution is 5.98. The molecule has 2 aromatic heterocycles. The lowest BCUT2D eigenvalue weighted by Gasteiger charge is -2.33. The van der Waals surface area contributed by atoms with Crippen LogP contribution in [0.15, 0.2) is 24.5 Å². The average molecular weight is 440 g/mol. The van der Waals surface area contributed by atoms with E-state index in [1.54, 1.807) is 14.2 Å². The molecule has 0 spiro atoms. The van der Waals surface area contributed by atoms with Crippen molar-refractivity contribution in [3.63, 3.8) is 0 Å². The number of hydrogen-bond donors (Lipinski definition) is 1. The Morgan fingerprint density at radius 3 is 2.50 bits per heavy atom. The molecule has 0 aliphatic carbocycles. The minimum absolute atomic E-state index is 0.426. The van der Waals surface area contributed by atoms with Gasteiger partial charge in [-0.1, -0.05) is 0 Å². The van der Waals surface area contributed by atoms with Gasteiger partial charge in [0.1, 0.15) is 17.8 Å². The van der Waals surface area contributed by atoms with Crippen LogP contribution in [0.1, 0.15) is 12.8 Å². The first-order chi connectivity index (χ1) is 15.5. The summed E-state index contributed by atoms with van der Waals surface area (Å²) < 4.78 is 12.8. The zero-order chi connectivity index (χ0) is 22.7. The number of hydrogen-bond acceptors (Lipinski definition) is 8. The first-order valence-corrected chi connectivity index (χ1v) is 11.1. The Morgan fingerprint density at radius 1 is 1.06 bits per heavy atom. The number of benzene rings is 1. The maximum Gasteiger partial charge on any atom is 0.164 e. The summed E-state index contributed by atoms with van der Waals surface area (Å²) >= 11 is 0. The molecule has 1 saturated heterocycles. The third-order valence-electron chi connectivity index (χ3n) is 6.17. The average Bonchev–Trinajstić information content (AvgIpc) is 3.18. The Hall–Kier alpha value is -2.91. The number of likely N-dealkylation sites (tertiary alicyclic amines) is 1. The standard InChI is InChI=1S/C23H33N7O2/c1-28(2)14-16-7-9-29(10-8-16)11-12-30-23-20(22(24)25-15-26-23)21(27-30)17-5-6-18(31-3)19(13-17)32-4/h5-6,13,15-16H,7-12,14H2,1-4H3,(H2,24,25,26). The van der Waals surface area contributed by atoms with Crippen molar-refractivity contribution in [2.75, 3.05) is 60.2 Å². The molecule has 3 heterocycles. The SMILES string of the molecule is COc1ccc(-c2nn(CCN3CCC(CN(C)C)CC3)c3ncnc(N)c23)cc1OC. The lowest BCUT2D eigenvalue weighted by molar-refractivity contribution is 0.157. The summed E-state index contributed by atoms with van der Waals surface area (Å²) in [5, 5.41) is 5.66. The van der Waals surface area contributed by atoms with Gasteiger partial charge in [0.25, 0.3) is 0 Å². The van der Waals surface area contributed by atoms with Crippen LogP contribution >= 0.6 is 0 Å². The van der Waals surface area contributed by atoms with Gasteiger partial charge in [-0.3, -0.25) is 0 Å². The third kappa shape index (κ3) is 4.63. The second-order valence-corrected chi connectivity index (χ2v) is 8.65. The summed E-state index contributed by atoms with van der Waals surface area (Å²) in [6.07, 6.45) is 3.98. The number of nitrogens with two attached hydrogens (primary N) is 1. The van der Waals surface area contributed by atoms with Crippen molar-refractivity contribution >= 4 is 16.9 Å². The molecule has 4 rings (SSSR count). The van der Waals surface area contributed by atoms with Crippen molar-refractivity contribution in [3.05, 3.63) is 24.5 Å². The molecule has 0 unspecified atom stereocenters. The number of ether oxygens (including phenoxy) is 2. The van der Waals surface area contributed by atoms with E-state index < -0.39 is 0 Å². The molecule has 1 aliphatic heterocycles. The van der Waals surface area contributed by atoms with Crippen molar-refractivity contribution < 1.29 is 9.47 Å². The molecule has 3 aromatic rings. The summed E-state index contributed by atoms with van der Waals surface area (Å²) in [4.78, 5) is 13.5. The predicted molar refractivity (Wildman–Crippen MR) is 126 cm³/mol. The van der Waals surface area contributed by atoms with Gasteiger partial charge in [-0.05, 0) is 64.1 Å². The van der Waals surface area contributed by atoms with E-state index in [1.165, 1.54) is 25.7 Å². The highest BCUT2D eigenvalue weighted by Gasteiger charge is 2.22. The number of aromatic nitrogens is 4. The molecular formula is C23H33N7O2. The summed E-state index contributed by atoms with van der Waals surface area (Å²) in [6.45, 7) is 5.09. The Balaban J connectivity index is 1.56. The maximum absolute atomic E-state index is 6.25. The molecular weight excluding hydrogens is 406 g/mol. The van der Waals surface area contributed by atoms with Gasteiger partial charge in [-0.15, -0.1) is 0 Å². The molecule has 0 amide bonds. The van der Waals surface area contributed by atoms with Gasteiger partial charge in [0.2, 0.25) is 0 Å². The predicted octanol–water partition coefficient (Wildman–Crippen LogP) is 2.37. The Morgan fingerprint density at radius 2 is 1.81 bits per heavy atom. The van der Waals surface area contributed by atoms with Gasteiger partial charge in [0.05, 0.1) is 26.2 Å².